The molecule has 0 fully saturated rings. The first kappa shape index (κ1) is 17.5. The van der Waals surface area contributed by atoms with Gasteiger partial charge in [-0.2, -0.15) is 0 Å². The molecule has 0 aromatic heterocycles. The van der Waals surface area contributed by atoms with Gasteiger partial charge >= 0.3 is 0 Å². The molecule has 1 aromatic carbocycles. The minimum absolute atomic E-state index is 0.0254. The van der Waals surface area contributed by atoms with Crippen molar-refractivity contribution in [2.24, 2.45) is 0 Å². The number of nitrogens with two attached hydrogens (primary N) is 1. The van der Waals surface area contributed by atoms with Crippen molar-refractivity contribution in [1.82, 2.24) is 0 Å². The summed E-state index contributed by atoms with van der Waals surface area (Å²) in [7, 11) is 0. The lowest BCUT2D eigenvalue weighted by molar-refractivity contribution is -0.116. The molecule has 1 amide bonds. The highest BCUT2D eigenvalue weighted by Gasteiger charge is 2.04. The van der Waals surface area contributed by atoms with Crippen molar-refractivity contribution < 1.29 is 9.53 Å². The Balaban J connectivity index is 2.11. The Hall–Kier alpha value is -1.55. The highest BCUT2D eigenvalue weighted by atomic mass is 16.5. The number of hydrogen-bond acceptors (Lipinski definition) is 3. The van der Waals surface area contributed by atoms with Crippen molar-refractivity contribution in [3.63, 3.8) is 0 Å². The largest absolute Gasteiger partial charge is 0.399 e. The Morgan fingerprint density at radius 1 is 1.19 bits per heavy atom. The molecule has 0 aliphatic carbocycles. The van der Waals surface area contributed by atoms with Gasteiger partial charge in [-0.3, -0.25) is 4.79 Å². The number of hydrogen-bond donors (Lipinski definition) is 2. The van der Waals surface area contributed by atoms with E-state index in [9.17, 15) is 4.79 Å². The van der Waals surface area contributed by atoms with Crippen LogP contribution in [0.3, 0.4) is 0 Å². The minimum Gasteiger partial charge on any atom is -0.399 e. The Bertz CT molecular complexity index is 433. The number of ether oxygens (including phenoxy) is 1. The maximum Gasteiger partial charge on any atom is 0.224 e. The van der Waals surface area contributed by atoms with E-state index in [4.69, 9.17) is 10.5 Å². The molecule has 4 nitrogen and oxygen atoms in total. The average molecular weight is 292 g/mol. The molecule has 1 rings (SSSR count). The molecule has 0 radical (unpaired) electrons. The topological polar surface area (TPSA) is 64.3 Å². The number of nitrogen functional groups attached to an aromatic ring is 1. The lowest BCUT2D eigenvalue weighted by Gasteiger charge is -2.09. The molecule has 0 aliphatic rings. The van der Waals surface area contributed by atoms with E-state index in [1.54, 1.807) is 6.07 Å². The second kappa shape index (κ2) is 10.2. The average Bonchev–Trinajstić information content (AvgIpc) is 2.45. The summed E-state index contributed by atoms with van der Waals surface area (Å²) in [5.41, 5.74) is 8.21. The molecule has 0 bridgehead atoms. The van der Waals surface area contributed by atoms with Gasteiger partial charge in [0.2, 0.25) is 5.91 Å². The van der Waals surface area contributed by atoms with Crippen LogP contribution in [0.5, 0.6) is 0 Å². The zero-order chi connectivity index (χ0) is 15.5. The van der Waals surface area contributed by atoms with E-state index in [1.165, 1.54) is 19.3 Å². The van der Waals surface area contributed by atoms with Crippen molar-refractivity contribution in [1.29, 1.82) is 0 Å². The zero-order valence-corrected chi connectivity index (χ0v) is 13.3. The molecule has 0 atom stereocenters. The van der Waals surface area contributed by atoms with E-state index < -0.39 is 0 Å². The highest BCUT2D eigenvalue weighted by molar-refractivity contribution is 5.91. The second-order valence-electron chi connectivity index (χ2n) is 5.40. The number of anilines is 2. The second-order valence-corrected chi connectivity index (χ2v) is 5.40. The van der Waals surface area contributed by atoms with Gasteiger partial charge in [0.25, 0.3) is 0 Å². The van der Waals surface area contributed by atoms with Crippen LogP contribution in [0.2, 0.25) is 0 Å². The number of carbonyl (C=O) groups is 1. The Morgan fingerprint density at radius 2 is 1.95 bits per heavy atom. The summed E-state index contributed by atoms with van der Waals surface area (Å²) >= 11 is 0. The van der Waals surface area contributed by atoms with Crippen LogP contribution in [0.1, 0.15) is 51.0 Å². The van der Waals surface area contributed by atoms with Gasteiger partial charge in [-0.15, -0.1) is 0 Å². The predicted octanol–water partition coefficient (Wildman–Crippen LogP) is 3.89. The van der Waals surface area contributed by atoms with Gasteiger partial charge in [-0.25, -0.2) is 0 Å². The molecule has 0 spiro atoms. The van der Waals surface area contributed by atoms with Crippen LogP contribution in [0.25, 0.3) is 0 Å². The third-order valence-electron chi connectivity index (χ3n) is 3.36. The molecule has 0 heterocycles. The first-order valence-corrected chi connectivity index (χ1v) is 7.87. The number of carbonyl (C=O) groups excluding carboxylic acids is 1. The molecule has 21 heavy (non-hydrogen) atoms. The monoisotopic (exact) mass is 292 g/mol. The third-order valence-corrected chi connectivity index (χ3v) is 3.36. The van der Waals surface area contributed by atoms with Crippen LogP contribution in [-0.2, 0) is 9.53 Å². The van der Waals surface area contributed by atoms with E-state index in [0.717, 1.165) is 30.7 Å². The fourth-order valence-corrected chi connectivity index (χ4v) is 2.11. The van der Waals surface area contributed by atoms with E-state index in [1.807, 2.05) is 19.1 Å². The lowest BCUT2D eigenvalue weighted by Crippen LogP contribution is -2.13. The summed E-state index contributed by atoms with van der Waals surface area (Å²) in [5.74, 6) is 0.0254. The first-order chi connectivity index (χ1) is 10.1. The third kappa shape index (κ3) is 7.71. The van der Waals surface area contributed by atoms with Crippen molar-refractivity contribution in [3.05, 3.63) is 23.8 Å². The SMILES string of the molecule is CCCCCCOCCCC(=O)Nc1ccc(N)cc1C. The van der Waals surface area contributed by atoms with Crippen molar-refractivity contribution in [3.8, 4) is 0 Å². The summed E-state index contributed by atoms with van der Waals surface area (Å²) in [6, 6.07) is 5.49. The summed E-state index contributed by atoms with van der Waals surface area (Å²) < 4.78 is 5.52. The molecule has 0 aliphatic heterocycles. The van der Waals surface area contributed by atoms with Gasteiger partial charge in [0.1, 0.15) is 0 Å². The number of amides is 1. The molecule has 4 heteroatoms. The predicted molar refractivity (Wildman–Crippen MR) is 88.4 cm³/mol. The Morgan fingerprint density at radius 3 is 2.67 bits per heavy atom. The van der Waals surface area contributed by atoms with E-state index in [-0.39, 0.29) is 5.91 Å². The molecular formula is C17H28N2O2. The Labute approximate surface area is 128 Å². The van der Waals surface area contributed by atoms with Gasteiger partial charge in [-0.05, 0) is 43.5 Å². The quantitative estimate of drug-likeness (QED) is 0.508. The van der Waals surface area contributed by atoms with Crippen LogP contribution in [0, 0.1) is 6.92 Å². The van der Waals surface area contributed by atoms with Crippen LogP contribution in [0.4, 0.5) is 11.4 Å². The molecular weight excluding hydrogens is 264 g/mol. The molecule has 118 valence electrons. The normalized spacial score (nSPS) is 10.6. The Kier molecular flexibility index (Phi) is 8.51. The van der Waals surface area contributed by atoms with Crippen molar-refractivity contribution >= 4 is 17.3 Å². The first-order valence-electron chi connectivity index (χ1n) is 7.87. The zero-order valence-electron chi connectivity index (χ0n) is 13.3. The van der Waals surface area contributed by atoms with Crippen LogP contribution in [-0.4, -0.2) is 19.1 Å². The number of benzene rings is 1. The van der Waals surface area contributed by atoms with E-state index >= 15 is 0 Å². The van der Waals surface area contributed by atoms with Crippen molar-refractivity contribution in [2.45, 2.75) is 52.4 Å². The lowest BCUT2D eigenvalue weighted by atomic mass is 10.1. The maximum absolute atomic E-state index is 11.8. The van der Waals surface area contributed by atoms with Crippen LogP contribution in [0.15, 0.2) is 18.2 Å². The molecule has 1 aromatic rings. The van der Waals surface area contributed by atoms with Gasteiger partial charge in [0.15, 0.2) is 0 Å². The van der Waals surface area contributed by atoms with Crippen molar-refractivity contribution in [2.75, 3.05) is 24.3 Å². The molecule has 3 N–H and O–H groups in total. The summed E-state index contributed by atoms with van der Waals surface area (Å²) in [6.07, 6.45) is 6.10. The number of aryl methyl sites for hydroxylation is 1. The summed E-state index contributed by atoms with van der Waals surface area (Å²) in [5, 5.41) is 2.91. The molecule has 0 saturated carbocycles. The number of unbranched alkanes of at least 4 members (excludes halogenated alkanes) is 3. The van der Waals surface area contributed by atoms with Crippen LogP contribution >= 0.6 is 0 Å². The fraction of sp³-hybridized carbons (Fsp3) is 0.588. The summed E-state index contributed by atoms with van der Waals surface area (Å²) in [4.78, 5) is 11.8. The van der Waals surface area contributed by atoms with E-state index in [0.29, 0.717) is 18.7 Å². The fourth-order valence-electron chi connectivity index (χ4n) is 2.11. The standard InChI is InChI=1S/C17H28N2O2/c1-3-4-5-6-11-21-12-7-8-17(20)19-16-10-9-15(18)13-14(16)2/h9-10,13H,3-8,11-12,18H2,1-2H3,(H,19,20). The van der Waals surface area contributed by atoms with Gasteiger partial charge < -0.3 is 15.8 Å². The smallest absolute Gasteiger partial charge is 0.224 e. The van der Waals surface area contributed by atoms with Gasteiger partial charge in [0, 0.05) is 31.0 Å². The maximum atomic E-state index is 11.8. The van der Waals surface area contributed by atoms with Crippen LogP contribution < -0.4 is 11.1 Å². The van der Waals surface area contributed by atoms with Gasteiger partial charge in [0.05, 0.1) is 0 Å². The number of nitrogens with one attached hydrogen (secondary N) is 1. The minimum atomic E-state index is 0.0254. The molecule has 0 saturated heterocycles. The van der Waals surface area contributed by atoms with Gasteiger partial charge in [-0.1, -0.05) is 26.2 Å². The van der Waals surface area contributed by atoms with E-state index in [2.05, 4.69) is 12.2 Å². The molecule has 0 unspecified atom stereocenters. The highest BCUT2D eigenvalue weighted by Crippen LogP contribution is 2.17. The number of rotatable bonds is 10. The summed E-state index contributed by atoms with van der Waals surface area (Å²) in [6.45, 7) is 5.59.